The Kier molecular flexibility index (Phi) is 3.42. The van der Waals surface area contributed by atoms with E-state index in [1.165, 1.54) is 4.80 Å². The lowest BCUT2D eigenvalue weighted by molar-refractivity contribution is 0.413. The highest BCUT2D eigenvalue weighted by Gasteiger charge is 2.11. The van der Waals surface area contributed by atoms with Crippen molar-refractivity contribution in [3.63, 3.8) is 0 Å². The maximum absolute atomic E-state index is 4.28. The van der Waals surface area contributed by atoms with Gasteiger partial charge in [-0.3, -0.25) is 4.68 Å². The summed E-state index contributed by atoms with van der Waals surface area (Å²) in [6, 6.07) is 2.00. The van der Waals surface area contributed by atoms with Gasteiger partial charge in [0.05, 0.1) is 12.7 Å². The maximum Gasteiger partial charge on any atom is 0.196 e. The van der Waals surface area contributed by atoms with Crippen molar-refractivity contribution in [1.29, 1.82) is 0 Å². The van der Waals surface area contributed by atoms with Gasteiger partial charge in [0.2, 0.25) is 0 Å². The standard InChI is InChI=1S/C11H19N7/c1-11(2,3)12-7-9-5-6-13-18(9)8-10-14-16-17(4)15-10/h5-6,12H,7-8H2,1-4H3. The van der Waals surface area contributed by atoms with Crippen LogP contribution in [0.4, 0.5) is 0 Å². The summed E-state index contributed by atoms with van der Waals surface area (Å²) in [6.07, 6.45) is 1.79. The number of nitrogens with zero attached hydrogens (tertiary/aromatic N) is 6. The zero-order chi connectivity index (χ0) is 13.2. The third-order valence-corrected chi connectivity index (χ3v) is 2.45. The second kappa shape index (κ2) is 4.85. The van der Waals surface area contributed by atoms with Crippen LogP contribution in [-0.4, -0.2) is 35.5 Å². The van der Waals surface area contributed by atoms with Gasteiger partial charge < -0.3 is 5.32 Å². The van der Waals surface area contributed by atoms with Gasteiger partial charge in [0, 0.05) is 18.3 Å². The number of hydrogen-bond acceptors (Lipinski definition) is 5. The zero-order valence-electron chi connectivity index (χ0n) is 11.3. The number of nitrogens with one attached hydrogen (secondary N) is 1. The fraction of sp³-hybridized carbons (Fsp3) is 0.636. The van der Waals surface area contributed by atoms with Crippen molar-refractivity contribution >= 4 is 0 Å². The molecule has 1 N–H and O–H groups in total. The van der Waals surface area contributed by atoms with Crippen LogP contribution < -0.4 is 5.32 Å². The average Bonchev–Trinajstić information content (AvgIpc) is 2.85. The minimum atomic E-state index is 0.0832. The summed E-state index contributed by atoms with van der Waals surface area (Å²) in [5.41, 5.74) is 1.19. The minimum Gasteiger partial charge on any atom is -0.306 e. The molecule has 98 valence electrons. The Bertz CT molecular complexity index is 505. The Labute approximate surface area is 106 Å². The molecule has 18 heavy (non-hydrogen) atoms. The number of hydrogen-bond donors (Lipinski definition) is 1. The van der Waals surface area contributed by atoms with Gasteiger partial charge in [-0.1, -0.05) is 0 Å². The third-order valence-electron chi connectivity index (χ3n) is 2.45. The van der Waals surface area contributed by atoms with E-state index in [9.17, 15) is 0 Å². The number of tetrazole rings is 1. The highest BCUT2D eigenvalue weighted by Crippen LogP contribution is 2.05. The molecule has 2 aromatic heterocycles. The van der Waals surface area contributed by atoms with E-state index in [4.69, 9.17) is 0 Å². The maximum atomic E-state index is 4.28. The molecule has 2 aromatic rings. The first kappa shape index (κ1) is 12.7. The number of aryl methyl sites for hydroxylation is 1. The molecule has 0 aliphatic carbocycles. The fourth-order valence-electron chi connectivity index (χ4n) is 1.53. The van der Waals surface area contributed by atoms with E-state index in [0.29, 0.717) is 12.4 Å². The van der Waals surface area contributed by atoms with Crippen molar-refractivity contribution in [3.05, 3.63) is 23.8 Å². The van der Waals surface area contributed by atoms with Crippen LogP contribution in [0.15, 0.2) is 12.3 Å². The van der Waals surface area contributed by atoms with Crippen molar-refractivity contribution in [2.24, 2.45) is 7.05 Å². The van der Waals surface area contributed by atoms with E-state index < -0.39 is 0 Å². The molecular formula is C11H19N7. The Hall–Kier alpha value is -1.76. The highest BCUT2D eigenvalue weighted by atomic mass is 15.6. The summed E-state index contributed by atoms with van der Waals surface area (Å²) in [5.74, 6) is 0.665. The Morgan fingerprint density at radius 3 is 2.72 bits per heavy atom. The first-order valence-electron chi connectivity index (χ1n) is 5.93. The molecule has 0 atom stereocenters. The molecule has 0 aliphatic heterocycles. The molecule has 0 unspecified atom stereocenters. The van der Waals surface area contributed by atoms with E-state index >= 15 is 0 Å². The van der Waals surface area contributed by atoms with E-state index in [2.05, 4.69) is 46.6 Å². The molecule has 2 heterocycles. The van der Waals surface area contributed by atoms with Crippen LogP contribution in [0, 0.1) is 0 Å². The lowest BCUT2D eigenvalue weighted by atomic mass is 10.1. The van der Waals surface area contributed by atoms with E-state index in [1.54, 1.807) is 13.2 Å². The van der Waals surface area contributed by atoms with Crippen LogP contribution in [0.1, 0.15) is 32.3 Å². The Morgan fingerprint density at radius 2 is 2.11 bits per heavy atom. The van der Waals surface area contributed by atoms with Crippen LogP contribution >= 0.6 is 0 Å². The molecule has 0 amide bonds. The minimum absolute atomic E-state index is 0.0832. The molecule has 2 rings (SSSR count). The molecule has 0 saturated carbocycles. The van der Waals surface area contributed by atoms with E-state index in [1.807, 2.05) is 10.7 Å². The molecule has 7 nitrogen and oxygen atoms in total. The van der Waals surface area contributed by atoms with Crippen molar-refractivity contribution < 1.29 is 0 Å². The van der Waals surface area contributed by atoms with Crippen LogP contribution in [0.2, 0.25) is 0 Å². The normalized spacial score (nSPS) is 12.0. The van der Waals surface area contributed by atoms with Crippen molar-refractivity contribution in [2.45, 2.75) is 39.4 Å². The summed E-state index contributed by atoms with van der Waals surface area (Å²) in [4.78, 5) is 1.45. The van der Waals surface area contributed by atoms with Gasteiger partial charge in [-0.05, 0) is 32.1 Å². The van der Waals surface area contributed by atoms with Crippen molar-refractivity contribution in [1.82, 2.24) is 35.3 Å². The van der Waals surface area contributed by atoms with E-state index in [0.717, 1.165) is 12.2 Å². The summed E-state index contributed by atoms with van der Waals surface area (Å²) in [5, 5.41) is 19.6. The lowest BCUT2D eigenvalue weighted by Crippen LogP contribution is -2.35. The third kappa shape index (κ3) is 3.36. The van der Waals surface area contributed by atoms with Gasteiger partial charge in [-0.2, -0.15) is 9.90 Å². The van der Waals surface area contributed by atoms with Crippen LogP contribution in [0.5, 0.6) is 0 Å². The molecule has 0 saturated heterocycles. The summed E-state index contributed by atoms with van der Waals surface area (Å²) >= 11 is 0. The molecule has 0 fully saturated rings. The highest BCUT2D eigenvalue weighted by molar-refractivity contribution is 5.02. The van der Waals surface area contributed by atoms with Gasteiger partial charge in [0.15, 0.2) is 5.82 Å². The second-order valence-electron chi connectivity index (χ2n) is 5.28. The molecule has 0 spiro atoms. The fourth-order valence-corrected chi connectivity index (χ4v) is 1.53. The van der Waals surface area contributed by atoms with Crippen molar-refractivity contribution in [2.75, 3.05) is 0 Å². The van der Waals surface area contributed by atoms with Crippen LogP contribution in [0.25, 0.3) is 0 Å². The van der Waals surface area contributed by atoms with Crippen molar-refractivity contribution in [3.8, 4) is 0 Å². The Balaban J connectivity index is 2.03. The molecular weight excluding hydrogens is 230 g/mol. The lowest BCUT2D eigenvalue weighted by Gasteiger charge is -2.20. The topological polar surface area (TPSA) is 73.5 Å². The molecule has 7 heteroatoms. The summed E-state index contributed by atoms with van der Waals surface area (Å²) in [6.45, 7) is 7.72. The number of aromatic nitrogens is 6. The summed E-state index contributed by atoms with van der Waals surface area (Å²) in [7, 11) is 1.75. The predicted octanol–water partition coefficient (Wildman–Crippen LogP) is 0.343. The number of rotatable bonds is 4. The van der Waals surface area contributed by atoms with Crippen LogP contribution in [0.3, 0.4) is 0 Å². The van der Waals surface area contributed by atoms with Crippen LogP contribution in [-0.2, 0) is 20.1 Å². The molecule has 0 aromatic carbocycles. The quantitative estimate of drug-likeness (QED) is 0.846. The van der Waals surface area contributed by atoms with Gasteiger partial charge in [-0.15, -0.1) is 10.2 Å². The monoisotopic (exact) mass is 249 g/mol. The largest absolute Gasteiger partial charge is 0.306 e. The second-order valence-corrected chi connectivity index (χ2v) is 5.28. The first-order valence-corrected chi connectivity index (χ1v) is 5.93. The molecule has 0 radical (unpaired) electrons. The summed E-state index contributed by atoms with van der Waals surface area (Å²) < 4.78 is 1.88. The predicted molar refractivity (Wildman–Crippen MR) is 66.7 cm³/mol. The molecule has 0 bridgehead atoms. The Morgan fingerprint density at radius 1 is 1.33 bits per heavy atom. The SMILES string of the molecule is Cn1nnc(Cn2nccc2CNC(C)(C)C)n1. The van der Waals surface area contributed by atoms with Gasteiger partial charge >= 0.3 is 0 Å². The van der Waals surface area contributed by atoms with E-state index in [-0.39, 0.29) is 5.54 Å². The zero-order valence-corrected chi connectivity index (χ0v) is 11.3. The smallest absolute Gasteiger partial charge is 0.196 e. The average molecular weight is 249 g/mol. The van der Waals surface area contributed by atoms with Gasteiger partial charge in [-0.25, -0.2) is 0 Å². The van der Waals surface area contributed by atoms with Gasteiger partial charge in [0.25, 0.3) is 0 Å². The van der Waals surface area contributed by atoms with Gasteiger partial charge in [0.1, 0.15) is 6.54 Å². The molecule has 0 aliphatic rings. The first-order chi connectivity index (χ1) is 8.44.